The largest absolute Gasteiger partial charge is 0.508 e. The van der Waals surface area contributed by atoms with Crippen LogP contribution in [0.15, 0.2) is 48.5 Å². The van der Waals surface area contributed by atoms with Gasteiger partial charge in [-0.25, -0.2) is 0 Å². The van der Waals surface area contributed by atoms with Crippen LogP contribution < -0.4 is 10.6 Å². The highest BCUT2D eigenvalue weighted by molar-refractivity contribution is 5.50. The predicted octanol–water partition coefficient (Wildman–Crippen LogP) is 3.83. The van der Waals surface area contributed by atoms with Crippen LogP contribution in [0.2, 0.25) is 0 Å². The van der Waals surface area contributed by atoms with Crippen LogP contribution in [0.4, 0.5) is 5.69 Å². The van der Waals surface area contributed by atoms with Crippen LogP contribution in [-0.2, 0) is 5.41 Å². The maximum absolute atomic E-state index is 9.41. The number of hydrogen-bond acceptors (Lipinski definition) is 3. The molecule has 0 aliphatic rings. The molecule has 1 atom stereocenters. The number of phenols is 1. The highest BCUT2D eigenvalue weighted by Gasteiger charge is 2.18. The molecule has 118 valence electrons. The summed E-state index contributed by atoms with van der Waals surface area (Å²) in [4.78, 5) is 2.14. The van der Waals surface area contributed by atoms with Crippen LogP contribution in [0.5, 0.6) is 5.75 Å². The molecule has 2 aromatic rings. The molecule has 0 aliphatic carbocycles. The van der Waals surface area contributed by atoms with Crippen molar-refractivity contribution in [1.82, 2.24) is 0 Å². The Morgan fingerprint density at radius 2 is 1.55 bits per heavy atom. The summed E-state index contributed by atoms with van der Waals surface area (Å²) in [7, 11) is 2.03. The number of hydrogen-bond donors (Lipinski definition) is 2. The summed E-state index contributed by atoms with van der Waals surface area (Å²) in [6.07, 6.45) is 0. The van der Waals surface area contributed by atoms with E-state index in [-0.39, 0.29) is 17.2 Å². The maximum Gasteiger partial charge on any atom is 0.115 e. The molecule has 3 heteroatoms. The average Bonchev–Trinajstić information content (AvgIpc) is 2.48. The fourth-order valence-electron chi connectivity index (χ4n) is 2.59. The maximum atomic E-state index is 9.41. The molecule has 0 bridgehead atoms. The molecule has 0 aliphatic heterocycles. The summed E-state index contributed by atoms with van der Waals surface area (Å²) in [6, 6.07) is 16.0. The predicted molar refractivity (Wildman–Crippen MR) is 93.4 cm³/mol. The Morgan fingerprint density at radius 1 is 1.00 bits per heavy atom. The van der Waals surface area contributed by atoms with Crippen molar-refractivity contribution in [3.05, 3.63) is 59.7 Å². The van der Waals surface area contributed by atoms with Crippen molar-refractivity contribution in [2.24, 2.45) is 5.73 Å². The average molecular weight is 298 g/mol. The van der Waals surface area contributed by atoms with Crippen LogP contribution in [0.1, 0.15) is 37.9 Å². The summed E-state index contributed by atoms with van der Waals surface area (Å²) in [5.41, 5.74) is 9.71. The first-order chi connectivity index (χ1) is 10.3. The van der Waals surface area contributed by atoms with Gasteiger partial charge in [0.05, 0.1) is 6.04 Å². The van der Waals surface area contributed by atoms with E-state index in [1.807, 2.05) is 19.2 Å². The minimum atomic E-state index is 0.110. The van der Waals surface area contributed by atoms with Gasteiger partial charge < -0.3 is 15.7 Å². The van der Waals surface area contributed by atoms with Gasteiger partial charge in [0, 0.05) is 19.3 Å². The van der Waals surface area contributed by atoms with Crippen LogP contribution in [-0.4, -0.2) is 18.7 Å². The molecule has 0 amide bonds. The van der Waals surface area contributed by atoms with Crippen molar-refractivity contribution in [2.75, 3.05) is 18.5 Å². The highest BCUT2D eigenvalue weighted by Crippen LogP contribution is 2.28. The second kappa shape index (κ2) is 6.41. The summed E-state index contributed by atoms with van der Waals surface area (Å²) in [5.74, 6) is 0.274. The van der Waals surface area contributed by atoms with E-state index >= 15 is 0 Å². The highest BCUT2D eigenvalue weighted by atomic mass is 16.3. The van der Waals surface area contributed by atoms with E-state index in [4.69, 9.17) is 5.73 Å². The minimum Gasteiger partial charge on any atom is -0.508 e. The molecule has 0 aromatic heterocycles. The van der Waals surface area contributed by atoms with E-state index < -0.39 is 0 Å². The first-order valence-corrected chi connectivity index (χ1v) is 7.65. The molecule has 0 saturated carbocycles. The zero-order valence-corrected chi connectivity index (χ0v) is 13.9. The van der Waals surface area contributed by atoms with Gasteiger partial charge in [0.25, 0.3) is 0 Å². The quantitative estimate of drug-likeness (QED) is 0.902. The zero-order chi connectivity index (χ0) is 16.3. The summed E-state index contributed by atoms with van der Waals surface area (Å²) in [6.45, 7) is 7.17. The third kappa shape index (κ3) is 3.60. The lowest BCUT2D eigenvalue weighted by atomic mass is 9.86. The molecule has 1 unspecified atom stereocenters. The Hall–Kier alpha value is -2.00. The molecule has 2 aromatic carbocycles. The van der Waals surface area contributed by atoms with E-state index in [1.54, 1.807) is 12.1 Å². The molecule has 3 nitrogen and oxygen atoms in total. The summed E-state index contributed by atoms with van der Waals surface area (Å²) < 4.78 is 0. The zero-order valence-electron chi connectivity index (χ0n) is 13.9. The van der Waals surface area contributed by atoms with E-state index in [9.17, 15) is 5.11 Å². The van der Waals surface area contributed by atoms with Gasteiger partial charge in [-0.1, -0.05) is 45.0 Å². The van der Waals surface area contributed by atoms with Gasteiger partial charge in [-0.15, -0.1) is 0 Å². The molecule has 0 fully saturated rings. The lowest BCUT2D eigenvalue weighted by molar-refractivity contribution is 0.475. The smallest absolute Gasteiger partial charge is 0.115 e. The van der Waals surface area contributed by atoms with Gasteiger partial charge in [-0.2, -0.15) is 0 Å². The Labute approximate surface area is 133 Å². The van der Waals surface area contributed by atoms with Gasteiger partial charge in [0.2, 0.25) is 0 Å². The van der Waals surface area contributed by atoms with Gasteiger partial charge in [-0.05, 0) is 40.8 Å². The number of nitrogens with two attached hydrogens (primary N) is 1. The number of anilines is 1. The number of likely N-dealkylation sites (N-methyl/N-ethyl adjacent to an activating group) is 1. The van der Waals surface area contributed by atoms with Crippen molar-refractivity contribution in [3.8, 4) is 5.75 Å². The number of aromatic hydroxyl groups is 1. The van der Waals surface area contributed by atoms with E-state index in [0.29, 0.717) is 6.54 Å². The lowest BCUT2D eigenvalue weighted by Crippen LogP contribution is -2.30. The molecule has 2 rings (SSSR count). The van der Waals surface area contributed by atoms with Crippen LogP contribution in [0.25, 0.3) is 0 Å². The Morgan fingerprint density at radius 3 is 2.00 bits per heavy atom. The van der Waals surface area contributed by atoms with Gasteiger partial charge >= 0.3 is 0 Å². The van der Waals surface area contributed by atoms with Crippen molar-refractivity contribution in [1.29, 1.82) is 0 Å². The molecule has 3 N–H and O–H groups in total. The molecule has 22 heavy (non-hydrogen) atoms. The van der Waals surface area contributed by atoms with E-state index in [2.05, 4.69) is 49.9 Å². The standard InChI is InChI=1S/C19H26N2O/c1-19(2,3)15-7-5-14(6-8-15)18(13-20)21(4)16-9-11-17(22)12-10-16/h5-12,18,22H,13,20H2,1-4H3. The Bertz CT molecular complexity index is 597. The molecule has 0 spiro atoms. The lowest BCUT2D eigenvalue weighted by Gasteiger charge is -2.30. The topological polar surface area (TPSA) is 49.5 Å². The molecule has 0 radical (unpaired) electrons. The van der Waals surface area contributed by atoms with Gasteiger partial charge in [-0.3, -0.25) is 0 Å². The van der Waals surface area contributed by atoms with Gasteiger partial charge in [0.15, 0.2) is 0 Å². The number of benzene rings is 2. The second-order valence-corrected chi connectivity index (χ2v) is 6.75. The van der Waals surface area contributed by atoms with Crippen molar-refractivity contribution >= 4 is 5.69 Å². The number of phenolic OH excluding ortho intramolecular Hbond substituents is 1. The fourth-order valence-corrected chi connectivity index (χ4v) is 2.59. The number of nitrogens with zero attached hydrogens (tertiary/aromatic N) is 1. The molecular formula is C19H26N2O. The first kappa shape index (κ1) is 16.4. The summed E-state index contributed by atoms with van der Waals surface area (Å²) >= 11 is 0. The fraction of sp³-hybridized carbons (Fsp3) is 0.368. The monoisotopic (exact) mass is 298 g/mol. The first-order valence-electron chi connectivity index (χ1n) is 7.65. The Balaban J connectivity index is 2.25. The SMILES string of the molecule is CN(c1ccc(O)cc1)C(CN)c1ccc(C(C)(C)C)cc1. The second-order valence-electron chi connectivity index (χ2n) is 6.75. The van der Waals surface area contributed by atoms with Crippen LogP contribution in [0.3, 0.4) is 0 Å². The van der Waals surface area contributed by atoms with Crippen molar-refractivity contribution < 1.29 is 5.11 Å². The van der Waals surface area contributed by atoms with Crippen molar-refractivity contribution in [2.45, 2.75) is 32.2 Å². The Kier molecular flexibility index (Phi) is 4.77. The minimum absolute atomic E-state index is 0.110. The van der Waals surface area contributed by atoms with Crippen LogP contribution in [0, 0.1) is 0 Å². The normalized spacial score (nSPS) is 13.0. The molecule has 0 saturated heterocycles. The third-order valence-corrected chi connectivity index (χ3v) is 4.11. The van der Waals surface area contributed by atoms with Crippen molar-refractivity contribution in [3.63, 3.8) is 0 Å². The third-order valence-electron chi connectivity index (χ3n) is 4.11. The molecular weight excluding hydrogens is 272 g/mol. The molecule has 0 heterocycles. The number of rotatable bonds is 4. The van der Waals surface area contributed by atoms with E-state index in [1.165, 1.54) is 11.1 Å². The van der Waals surface area contributed by atoms with E-state index in [0.717, 1.165) is 5.69 Å². The summed E-state index contributed by atoms with van der Waals surface area (Å²) in [5, 5.41) is 9.41. The van der Waals surface area contributed by atoms with Gasteiger partial charge in [0.1, 0.15) is 5.75 Å². The van der Waals surface area contributed by atoms with Crippen LogP contribution >= 0.6 is 0 Å².